The summed E-state index contributed by atoms with van der Waals surface area (Å²) in [5.41, 5.74) is 1.36. The van der Waals surface area contributed by atoms with Gasteiger partial charge in [-0.25, -0.2) is 8.42 Å². The summed E-state index contributed by atoms with van der Waals surface area (Å²) in [4.78, 5) is 18.8. The van der Waals surface area contributed by atoms with E-state index in [9.17, 15) is 18.3 Å². The number of nitrogens with zero attached hydrogens (tertiary/aromatic N) is 3. The Morgan fingerprint density at radius 3 is 2.16 bits per heavy atom. The Morgan fingerprint density at radius 2 is 1.59 bits per heavy atom. The molecule has 198 valence electrons. The summed E-state index contributed by atoms with van der Waals surface area (Å²) >= 11 is 0. The highest BCUT2D eigenvalue weighted by Gasteiger charge is 2.34. The number of aliphatic hydroxyl groups excluding tert-OH is 1. The molecular weight excluding hydrogens is 490 g/mol. The van der Waals surface area contributed by atoms with Gasteiger partial charge in [0.2, 0.25) is 10.0 Å². The van der Waals surface area contributed by atoms with Gasteiger partial charge in [0.25, 0.3) is 5.91 Å². The monoisotopic (exact) mass is 525 g/mol. The Kier molecular flexibility index (Phi) is 9.79. The topological polar surface area (TPSA) is 100 Å². The highest BCUT2D eigenvalue weighted by atomic mass is 32.2. The van der Waals surface area contributed by atoms with Gasteiger partial charge < -0.3 is 14.7 Å². The Hall–Kier alpha value is -3.27. The molecule has 3 rings (SSSR count). The molecule has 0 aliphatic carbocycles. The maximum absolute atomic E-state index is 13.6. The van der Waals surface area contributed by atoms with Crippen molar-refractivity contribution in [1.82, 2.24) is 14.2 Å². The van der Waals surface area contributed by atoms with Crippen LogP contribution in [0.25, 0.3) is 0 Å². The molecule has 0 unspecified atom stereocenters. The molecule has 0 bridgehead atoms. The molecule has 2 atom stereocenters. The van der Waals surface area contributed by atoms with Gasteiger partial charge in [0.15, 0.2) is 0 Å². The number of carbonyl (C=O) groups is 1. The van der Waals surface area contributed by atoms with E-state index in [-0.39, 0.29) is 29.8 Å². The van der Waals surface area contributed by atoms with Crippen molar-refractivity contribution in [1.29, 1.82) is 0 Å². The molecule has 1 N–H and O–H groups in total. The summed E-state index contributed by atoms with van der Waals surface area (Å²) in [6, 6.07) is 18.2. The lowest BCUT2D eigenvalue weighted by atomic mass is 9.99. The van der Waals surface area contributed by atoms with E-state index in [1.54, 1.807) is 31.3 Å². The lowest BCUT2D eigenvalue weighted by Crippen LogP contribution is -2.51. The Balaban J connectivity index is 1.92. The van der Waals surface area contributed by atoms with E-state index >= 15 is 0 Å². The average Bonchev–Trinajstić information content (AvgIpc) is 2.91. The number of aromatic nitrogens is 1. The van der Waals surface area contributed by atoms with Crippen LogP contribution in [0.3, 0.4) is 0 Å². The first-order chi connectivity index (χ1) is 17.6. The van der Waals surface area contributed by atoms with Gasteiger partial charge >= 0.3 is 0 Å². The fourth-order valence-electron chi connectivity index (χ4n) is 4.14. The first kappa shape index (κ1) is 28.3. The van der Waals surface area contributed by atoms with Crippen molar-refractivity contribution in [2.24, 2.45) is 5.92 Å². The van der Waals surface area contributed by atoms with Crippen molar-refractivity contribution < 1.29 is 23.1 Å². The molecule has 2 aromatic carbocycles. The highest BCUT2D eigenvalue weighted by Crippen LogP contribution is 2.23. The number of methoxy groups -OCH3 is 1. The molecule has 0 fully saturated rings. The number of hydrogen-bond donors (Lipinski definition) is 1. The quantitative estimate of drug-likeness (QED) is 0.389. The second-order valence-electron chi connectivity index (χ2n) is 9.37. The number of benzene rings is 2. The van der Waals surface area contributed by atoms with E-state index in [1.807, 2.05) is 44.2 Å². The number of likely N-dealkylation sites (N-methyl/N-ethyl adjacent to an activating group) is 1. The molecule has 0 aliphatic rings. The second-order valence-corrected chi connectivity index (χ2v) is 11.3. The fourth-order valence-corrected chi connectivity index (χ4v) is 5.76. The minimum Gasteiger partial charge on any atom is -0.497 e. The molecule has 0 radical (unpaired) electrons. The van der Waals surface area contributed by atoms with Crippen molar-refractivity contribution in [3.8, 4) is 5.75 Å². The molecular formula is C28H35N3O5S. The van der Waals surface area contributed by atoms with Crippen molar-refractivity contribution >= 4 is 15.9 Å². The van der Waals surface area contributed by atoms with Crippen LogP contribution in [0.1, 0.15) is 29.8 Å². The number of aliphatic hydroxyl groups is 1. The minimum atomic E-state index is -3.91. The number of sulfonamides is 1. The zero-order valence-electron chi connectivity index (χ0n) is 21.7. The Morgan fingerprint density at radius 1 is 0.973 bits per heavy atom. The SMILES string of the molecule is COc1ccc(S(=O)(=O)N(CC(C)C)C[C@@H](O)[C@H](Cc2ccccc2)N(C)C(=O)c2ccncc2)cc1. The third kappa shape index (κ3) is 7.38. The summed E-state index contributed by atoms with van der Waals surface area (Å²) in [5, 5.41) is 11.5. The van der Waals surface area contributed by atoms with Crippen molar-refractivity contribution in [2.45, 2.75) is 37.3 Å². The van der Waals surface area contributed by atoms with E-state index in [2.05, 4.69) is 4.98 Å². The van der Waals surface area contributed by atoms with Crippen molar-refractivity contribution in [3.63, 3.8) is 0 Å². The number of pyridine rings is 1. The number of ether oxygens (including phenoxy) is 1. The van der Waals surface area contributed by atoms with E-state index in [0.29, 0.717) is 17.7 Å². The largest absolute Gasteiger partial charge is 0.497 e. The first-order valence-electron chi connectivity index (χ1n) is 12.2. The van der Waals surface area contributed by atoms with E-state index in [1.165, 1.54) is 40.8 Å². The smallest absolute Gasteiger partial charge is 0.254 e. The van der Waals surface area contributed by atoms with E-state index < -0.39 is 22.2 Å². The van der Waals surface area contributed by atoms with Crippen LogP contribution in [-0.2, 0) is 16.4 Å². The van der Waals surface area contributed by atoms with Gasteiger partial charge in [0, 0.05) is 38.1 Å². The van der Waals surface area contributed by atoms with Gasteiger partial charge in [-0.15, -0.1) is 0 Å². The van der Waals surface area contributed by atoms with Gasteiger partial charge in [-0.1, -0.05) is 44.2 Å². The summed E-state index contributed by atoms with van der Waals surface area (Å²) in [6.45, 7) is 3.89. The van der Waals surface area contributed by atoms with Gasteiger partial charge in [0.1, 0.15) is 5.75 Å². The summed E-state index contributed by atoms with van der Waals surface area (Å²) < 4.78 is 33.6. The van der Waals surface area contributed by atoms with Crippen LogP contribution in [0.15, 0.2) is 84.0 Å². The van der Waals surface area contributed by atoms with Gasteiger partial charge in [-0.3, -0.25) is 9.78 Å². The van der Waals surface area contributed by atoms with Gasteiger partial charge in [-0.2, -0.15) is 4.31 Å². The number of amides is 1. The van der Waals surface area contributed by atoms with Crippen LogP contribution in [0.5, 0.6) is 5.75 Å². The molecule has 0 saturated carbocycles. The number of carbonyl (C=O) groups excluding carboxylic acids is 1. The Labute approximate surface area is 219 Å². The normalized spacial score (nSPS) is 13.4. The van der Waals surface area contributed by atoms with Crippen molar-refractivity contribution in [3.05, 3.63) is 90.3 Å². The zero-order chi connectivity index (χ0) is 27.0. The molecule has 3 aromatic rings. The molecule has 8 nitrogen and oxygen atoms in total. The molecule has 0 aliphatic heterocycles. The molecule has 1 heterocycles. The van der Waals surface area contributed by atoms with E-state index in [4.69, 9.17) is 4.74 Å². The predicted octanol–water partition coefficient (Wildman–Crippen LogP) is 3.48. The summed E-state index contributed by atoms with van der Waals surface area (Å²) in [5.74, 6) is 0.286. The lowest BCUT2D eigenvalue weighted by molar-refractivity contribution is 0.0370. The lowest BCUT2D eigenvalue weighted by Gasteiger charge is -2.35. The van der Waals surface area contributed by atoms with Crippen LogP contribution in [0.2, 0.25) is 0 Å². The van der Waals surface area contributed by atoms with Gasteiger partial charge in [-0.05, 0) is 54.3 Å². The van der Waals surface area contributed by atoms with E-state index in [0.717, 1.165) is 5.56 Å². The maximum Gasteiger partial charge on any atom is 0.254 e. The third-order valence-electron chi connectivity index (χ3n) is 6.13. The number of hydrogen-bond acceptors (Lipinski definition) is 6. The van der Waals surface area contributed by atoms with Crippen LogP contribution in [-0.4, -0.2) is 73.0 Å². The predicted molar refractivity (Wildman–Crippen MR) is 143 cm³/mol. The van der Waals surface area contributed by atoms with Crippen LogP contribution >= 0.6 is 0 Å². The van der Waals surface area contributed by atoms with Crippen molar-refractivity contribution in [2.75, 3.05) is 27.2 Å². The molecule has 1 amide bonds. The molecule has 0 spiro atoms. The molecule has 37 heavy (non-hydrogen) atoms. The second kappa shape index (κ2) is 12.8. The van der Waals surface area contributed by atoms with Crippen LogP contribution in [0, 0.1) is 5.92 Å². The van der Waals surface area contributed by atoms with Crippen LogP contribution in [0.4, 0.5) is 0 Å². The number of rotatable bonds is 12. The van der Waals surface area contributed by atoms with Crippen LogP contribution < -0.4 is 4.74 Å². The fraction of sp³-hybridized carbons (Fsp3) is 0.357. The standard InChI is InChI=1S/C28H35N3O5S/c1-21(2)19-31(37(34,35)25-12-10-24(36-4)11-13-25)20-27(32)26(18-22-8-6-5-7-9-22)30(3)28(33)23-14-16-29-17-15-23/h5-17,21,26-27,32H,18-20H2,1-4H3/t26-,27+/m0/s1. The minimum absolute atomic E-state index is 0.0176. The average molecular weight is 526 g/mol. The maximum atomic E-state index is 13.6. The zero-order valence-corrected chi connectivity index (χ0v) is 22.5. The van der Waals surface area contributed by atoms with Gasteiger partial charge in [0.05, 0.1) is 24.2 Å². The first-order valence-corrected chi connectivity index (χ1v) is 13.6. The Bertz CT molecular complexity index is 1240. The molecule has 0 saturated heterocycles. The third-order valence-corrected chi connectivity index (χ3v) is 7.98. The molecule has 1 aromatic heterocycles. The summed E-state index contributed by atoms with van der Waals surface area (Å²) in [7, 11) is -0.770. The summed E-state index contributed by atoms with van der Waals surface area (Å²) in [6.07, 6.45) is 2.28. The molecule has 9 heteroatoms. The highest BCUT2D eigenvalue weighted by molar-refractivity contribution is 7.89.